The maximum absolute atomic E-state index is 10.8. The largest absolute Gasteiger partial charge is 0.454 e. The van der Waals surface area contributed by atoms with Crippen LogP contribution in [0.4, 0.5) is 0 Å². The third kappa shape index (κ3) is 4.05. The van der Waals surface area contributed by atoms with E-state index >= 15 is 0 Å². The Labute approximate surface area is 187 Å². The summed E-state index contributed by atoms with van der Waals surface area (Å²) in [7, 11) is 0. The summed E-state index contributed by atoms with van der Waals surface area (Å²) in [5.74, 6) is 8.21. The summed E-state index contributed by atoms with van der Waals surface area (Å²) in [6, 6.07) is 7.04. The average molecular weight is 434 g/mol. The van der Waals surface area contributed by atoms with Crippen molar-refractivity contribution in [2.45, 2.75) is 26.1 Å². The average Bonchev–Trinajstić information content (AvgIpc) is 3.47. The van der Waals surface area contributed by atoms with Crippen LogP contribution in [0.5, 0.6) is 23.0 Å². The highest BCUT2D eigenvalue weighted by Crippen LogP contribution is 2.40. The van der Waals surface area contributed by atoms with Gasteiger partial charge in [-0.3, -0.25) is 0 Å². The summed E-state index contributed by atoms with van der Waals surface area (Å²) in [5, 5.41) is 21.7. The highest BCUT2D eigenvalue weighted by atomic mass is 16.7. The third-order valence-corrected chi connectivity index (χ3v) is 5.80. The van der Waals surface area contributed by atoms with Crippen LogP contribution in [0.25, 0.3) is 0 Å². The van der Waals surface area contributed by atoms with E-state index in [1.54, 1.807) is 36.4 Å². The molecular formula is C26H26O6. The molecule has 0 spiro atoms. The number of aliphatic hydroxyl groups excluding tert-OH is 2. The van der Waals surface area contributed by atoms with Crippen molar-refractivity contribution in [3.8, 4) is 34.8 Å². The number of hydrogen-bond acceptors (Lipinski definition) is 6. The van der Waals surface area contributed by atoms with Crippen LogP contribution in [0.15, 0.2) is 49.6 Å². The molecule has 0 aromatic heterocycles. The van der Waals surface area contributed by atoms with E-state index in [0.717, 1.165) is 0 Å². The molecule has 6 nitrogen and oxygen atoms in total. The Kier molecular flexibility index (Phi) is 6.13. The quantitative estimate of drug-likeness (QED) is 0.523. The highest BCUT2D eigenvalue weighted by molar-refractivity contribution is 5.60. The van der Waals surface area contributed by atoms with Gasteiger partial charge in [-0.15, -0.1) is 13.2 Å². The van der Waals surface area contributed by atoms with Crippen molar-refractivity contribution in [1.82, 2.24) is 0 Å². The van der Waals surface area contributed by atoms with Crippen molar-refractivity contribution in [1.29, 1.82) is 0 Å². The second-order valence-electron chi connectivity index (χ2n) is 7.91. The minimum absolute atomic E-state index is 0.122. The van der Waals surface area contributed by atoms with Crippen LogP contribution in [-0.4, -0.2) is 23.8 Å². The third-order valence-electron chi connectivity index (χ3n) is 5.80. The smallest absolute Gasteiger partial charge is 0.231 e. The SMILES string of the molecule is C=CC(C)C(O)c1cc2c(cc1C#Cc1cc3c(cc1C(O)C(C)C=C)OCO3)OCO2. The van der Waals surface area contributed by atoms with E-state index < -0.39 is 12.2 Å². The van der Waals surface area contributed by atoms with Crippen molar-refractivity contribution in [3.63, 3.8) is 0 Å². The molecule has 2 aliphatic rings. The molecule has 4 atom stereocenters. The summed E-state index contributed by atoms with van der Waals surface area (Å²) in [6.07, 6.45) is 1.76. The van der Waals surface area contributed by atoms with E-state index in [1.165, 1.54) is 0 Å². The van der Waals surface area contributed by atoms with Crippen LogP contribution in [0.2, 0.25) is 0 Å². The normalized spacial score (nSPS) is 17.0. The van der Waals surface area contributed by atoms with E-state index in [0.29, 0.717) is 45.3 Å². The first-order chi connectivity index (χ1) is 15.4. The maximum atomic E-state index is 10.8. The van der Waals surface area contributed by atoms with Crippen LogP contribution >= 0.6 is 0 Å². The number of ether oxygens (including phenoxy) is 4. The van der Waals surface area contributed by atoms with E-state index in [2.05, 4.69) is 25.0 Å². The van der Waals surface area contributed by atoms with Gasteiger partial charge >= 0.3 is 0 Å². The Balaban J connectivity index is 1.81. The Morgan fingerprint density at radius 2 is 1.06 bits per heavy atom. The molecule has 6 heteroatoms. The molecule has 0 amide bonds. The molecule has 2 aliphatic heterocycles. The van der Waals surface area contributed by atoms with E-state index in [-0.39, 0.29) is 25.4 Å². The molecule has 0 bridgehead atoms. The number of rotatable bonds is 6. The minimum atomic E-state index is -0.811. The zero-order chi connectivity index (χ0) is 22.8. The second kappa shape index (κ2) is 8.99. The minimum Gasteiger partial charge on any atom is -0.454 e. The van der Waals surface area contributed by atoms with Gasteiger partial charge in [0.25, 0.3) is 0 Å². The lowest BCUT2D eigenvalue weighted by atomic mass is 9.91. The van der Waals surface area contributed by atoms with E-state index in [9.17, 15) is 10.2 Å². The number of aliphatic hydroxyl groups is 2. The summed E-state index contributed by atoms with van der Waals surface area (Å²) in [5.41, 5.74) is 2.45. The van der Waals surface area contributed by atoms with Crippen molar-refractivity contribution < 1.29 is 29.2 Å². The standard InChI is InChI=1S/C26H26O6/c1-5-15(3)25(27)19-11-23-21(29-13-31-23)9-17(19)7-8-18-10-22-24(32-14-30-22)12-20(18)26(28)16(4)6-2/h5-6,9-12,15-16,25-28H,1-2,13-14H2,3-4H3. The first-order valence-electron chi connectivity index (χ1n) is 10.4. The van der Waals surface area contributed by atoms with E-state index in [4.69, 9.17) is 18.9 Å². The lowest BCUT2D eigenvalue weighted by Gasteiger charge is -2.18. The Morgan fingerprint density at radius 1 is 0.719 bits per heavy atom. The Hall–Kier alpha value is -3.40. The second-order valence-corrected chi connectivity index (χ2v) is 7.91. The molecule has 0 saturated heterocycles. The summed E-state index contributed by atoms with van der Waals surface area (Å²) < 4.78 is 22.0. The zero-order valence-electron chi connectivity index (χ0n) is 18.1. The zero-order valence-corrected chi connectivity index (χ0v) is 18.1. The fourth-order valence-corrected chi connectivity index (χ4v) is 3.58. The van der Waals surface area contributed by atoms with Gasteiger partial charge in [-0.25, -0.2) is 0 Å². The molecule has 4 unspecified atom stereocenters. The van der Waals surface area contributed by atoms with Crippen LogP contribution in [-0.2, 0) is 0 Å². The van der Waals surface area contributed by atoms with Gasteiger partial charge in [0, 0.05) is 46.2 Å². The predicted molar refractivity (Wildman–Crippen MR) is 120 cm³/mol. The first kappa shape index (κ1) is 21.8. The van der Waals surface area contributed by atoms with Gasteiger partial charge in [-0.05, 0) is 12.1 Å². The predicted octanol–water partition coefficient (Wildman–Crippen LogP) is 4.25. The van der Waals surface area contributed by atoms with Crippen molar-refractivity contribution in [2.75, 3.05) is 13.6 Å². The van der Waals surface area contributed by atoms with Crippen molar-refractivity contribution >= 4 is 0 Å². The lowest BCUT2D eigenvalue weighted by molar-refractivity contribution is 0.139. The molecule has 2 heterocycles. The van der Waals surface area contributed by atoms with Gasteiger partial charge < -0.3 is 29.2 Å². The monoisotopic (exact) mass is 434 g/mol. The maximum Gasteiger partial charge on any atom is 0.231 e. The lowest BCUT2D eigenvalue weighted by Crippen LogP contribution is -2.09. The summed E-state index contributed by atoms with van der Waals surface area (Å²) in [4.78, 5) is 0. The first-order valence-corrected chi connectivity index (χ1v) is 10.4. The molecule has 0 fully saturated rings. The number of benzene rings is 2. The highest BCUT2D eigenvalue weighted by Gasteiger charge is 2.25. The molecule has 2 N–H and O–H groups in total. The van der Waals surface area contributed by atoms with Gasteiger partial charge in [0.2, 0.25) is 13.6 Å². The van der Waals surface area contributed by atoms with Gasteiger partial charge in [-0.2, -0.15) is 0 Å². The molecule has 0 radical (unpaired) electrons. The molecule has 2 aromatic rings. The van der Waals surface area contributed by atoms with Crippen LogP contribution < -0.4 is 18.9 Å². The van der Waals surface area contributed by atoms with Crippen LogP contribution in [0.3, 0.4) is 0 Å². The molecule has 2 aromatic carbocycles. The van der Waals surface area contributed by atoms with Crippen LogP contribution in [0.1, 0.15) is 48.3 Å². The summed E-state index contributed by atoms with van der Waals surface area (Å²) >= 11 is 0. The molecule has 4 rings (SSSR count). The van der Waals surface area contributed by atoms with E-state index in [1.807, 2.05) is 13.8 Å². The van der Waals surface area contributed by atoms with Crippen LogP contribution in [0, 0.1) is 23.7 Å². The van der Waals surface area contributed by atoms with Crippen molar-refractivity contribution in [2.24, 2.45) is 11.8 Å². The number of hydrogen-bond donors (Lipinski definition) is 2. The van der Waals surface area contributed by atoms with Gasteiger partial charge in [0.15, 0.2) is 23.0 Å². The van der Waals surface area contributed by atoms with Crippen molar-refractivity contribution in [3.05, 3.63) is 71.8 Å². The fraction of sp³-hybridized carbons (Fsp3) is 0.308. The van der Waals surface area contributed by atoms with Gasteiger partial charge in [0.1, 0.15) is 0 Å². The Bertz CT molecular complexity index is 1020. The molecule has 32 heavy (non-hydrogen) atoms. The molecule has 166 valence electrons. The number of fused-ring (bicyclic) bond motifs is 2. The summed E-state index contributed by atoms with van der Waals surface area (Å²) in [6.45, 7) is 11.6. The Morgan fingerprint density at radius 3 is 1.41 bits per heavy atom. The van der Waals surface area contributed by atoms with Gasteiger partial charge in [-0.1, -0.05) is 37.8 Å². The molecular weight excluding hydrogens is 408 g/mol. The van der Waals surface area contributed by atoms with Gasteiger partial charge in [0.05, 0.1) is 12.2 Å². The topological polar surface area (TPSA) is 77.4 Å². The molecule has 0 aliphatic carbocycles. The molecule has 0 saturated carbocycles. The fourth-order valence-electron chi connectivity index (χ4n) is 3.58.